The Morgan fingerprint density at radius 1 is 1.47 bits per heavy atom. The maximum absolute atomic E-state index is 13.4. The summed E-state index contributed by atoms with van der Waals surface area (Å²) in [5.74, 6) is -0.311. The van der Waals surface area contributed by atoms with E-state index in [4.69, 9.17) is 11.6 Å². The van der Waals surface area contributed by atoms with Gasteiger partial charge in [-0.3, -0.25) is 0 Å². The van der Waals surface area contributed by atoms with Gasteiger partial charge in [-0.05, 0) is 49.9 Å². The lowest BCUT2D eigenvalue weighted by Gasteiger charge is -2.29. The van der Waals surface area contributed by atoms with Crippen molar-refractivity contribution in [2.45, 2.75) is 44.6 Å². The molecule has 0 bridgehead atoms. The van der Waals surface area contributed by atoms with Crippen LogP contribution in [0.25, 0.3) is 0 Å². The van der Waals surface area contributed by atoms with Gasteiger partial charge in [-0.25, -0.2) is 4.39 Å². The molecule has 1 aromatic rings. The van der Waals surface area contributed by atoms with Crippen LogP contribution in [0.4, 0.5) is 4.39 Å². The fraction of sp³-hybridized carbons (Fsp3) is 0.571. The van der Waals surface area contributed by atoms with Crippen molar-refractivity contribution in [2.24, 2.45) is 0 Å². The standard InChI is InChI=1S/C14H19ClFN/c1-2-6-14(7-3-8-17-14)10-11-4-5-12(15)13(16)9-11/h4-5,9,17H,2-3,6-8,10H2,1H3. The van der Waals surface area contributed by atoms with Crippen molar-refractivity contribution in [3.63, 3.8) is 0 Å². The van der Waals surface area contributed by atoms with Gasteiger partial charge in [-0.2, -0.15) is 0 Å². The zero-order chi connectivity index (χ0) is 12.3. The molecule has 1 heterocycles. The van der Waals surface area contributed by atoms with E-state index in [-0.39, 0.29) is 16.4 Å². The van der Waals surface area contributed by atoms with Crippen LogP contribution in [0.3, 0.4) is 0 Å². The molecule has 1 nitrogen and oxygen atoms in total. The van der Waals surface area contributed by atoms with Crippen molar-refractivity contribution in [1.82, 2.24) is 5.32 Å². The van der Waals surface area contributed by atoms with Gasteiger partial charge in [-0.1, -0.05) is 31.0 Å². The lowest BCUT2D eigenvalue weighted by molar-refractivity contribution is 0.341. The Balaban J connectivity index is 2.14. The van der Waals surface area contributed by atoms with E-state index >= 15 is 0 Å². The molecule has 0 saturated carbocycles. The van der Waals surface area contributed by atoms with E-state index in [1.807, 2.05) is 6.07 Å². The quantitative estimate of drug-likeness (QED) is 0.859. The first kappa shape index (κ1) is 12.8. The normalized spacial score (nSPS) is 24.2. The Kier molecular flexibility index (Phi) is 4.05. The number of hydrogen-bond acceptors (Lipinski definition) is 1. The summed E-state index contributed by atoms with van der Waals surface area (Å²) in [6, 6.07) is 5.16. The molecule has 0 aliphatic carbocycles. The maximum atomic E-state index is 13.4. The maximum Gasteiger partial charge on any atom is 0.142 e. The van der Waals surface area contributed by atoms with E-state index in [0.29, 0.717) is 0 Å². The van der Waals surface area contributed by atoms with Crippen molar-refractivity contribution >= 4 is 11.6 Å². The highest BCUT2D eigenvalue weighted by Crippen LogP contribution is 2.29. The molecule has 1 saturated heterocycles. The molecule has 0 aromatic heterocycles. The molecule has 1 fully saturated rings. The third-order valence-electron chi connectivity index (χ3n) is 3.59. The van der Waals surface area contributed by atoms with Crippen LogP contribution in [0.2, 0.25) is 5.02 Å². The third kappa shape index (κ3) is 2.99. The highest BCUT2D eigenvalue weighted by Gasteiger charge is 2.32. The monoisotopic (exact) mass is 255 g/mol. The molecule has 17 heavy (non-hydrogen) atoms. The number of rotatable bonds is 4. The predicted octanol–water partition coefficient (Wildman–Crippen LogP) is 3.94. The van der Waals surface area contributed by atoms with Gasteiger partial charge in [0, 0.05) is 5.54 Å². The summed E-state index contributed by atoms with van der Waals surface area (Å²) >= 11 is 5.70. The van der Waals surface area contributed by atoms with Crippen LogP contribution in [0.5, 0.6) is 0 Å². The average Bonchev–Trinajstić information content (AvgIpc) is 2.73. The van der Waals surface area contributed by atoms with Crippen LogP contribution in [-0.4, -0.2) is 12.1 Å². The third-order valence-corrected chi connectivity index (χ3v) is 3.89. The summed E-state index contributed by atoms with van der Waals surface area (Å²) in [6.07, 6.45) is 5.61. The lowest BCUT2D eigenvalue weighted by atomic mass is 9.85. The molecule has 1 aromatic carbocycles. The molecule has 0 amide bonds. The van der Waals surface area contributed by atoms with Gasteiger partial charge in [0.15, 0.2) is 0 Å². The molecule has 1 unspecified atom stereocenters. The van der Waals surface area contributed by atoms with Crippen molar-refractivity contribution in [1.29, 1.82) is 0 Å². The SMILES string of the molecule is CCCC1(Cc2ccc(Cl)c(F)c2)CCCN1. The largest absolute Gasteiger partial charge is 0.311 e. The van der Waals surface area contributed by atoms with Crippen LogP contribution in [-0.2, 0) is 6.42 Å². The van der Waals surface area contributed by atoms with E-state index < -0.39 is 0 Å². The topological polar surface area (TPSA) is 12.0 Å². The van der Waals surface area contributed by atoms with Gasteiger partial charge in [0.25, 0.3) is 0 Å². The molecule has 0 radical (unpaired) electrons. The summed E-state index contributed by atoms with van der Waals surface area (Å²) in [5, 5.41) is 3.80. The van der Waals surface area contributed by atoms with E-state index in [2.05, 4.69) is 12.2 Å². The summed E-state index contributed by atoms with van der Waals surface area (Å²) in [7, 11) is 0. The molecular formula is C14H19ClFN. The Morgan fingerprint density at radius 3 is 2.88 bits per heavy atom. The Labute approximate surface area is 107 Å². The number of nitrogens with one attached hydrogen (secondary N) is 1. The first-order chi connectivity index (χ1) is 8.15. The lowest BCUT2D eigenvalue weighted by Crippen LogP contribution is -2.41. The molecule has 94 valence electrons. The second-order valence-corrected chi connectivity index (χ2v) is 5.39. The highest BCUT2D eigenvalue weighted by molar-refractivity contribution is 6.30. The molecule has 0 spiro atoms. The van der Waals surface area contributed by atoms with Crippen LogP contribution in [0.15, 0.2) is 18.2 Å². The molecular weight excluding hydrogens is 237 g/mol. The van der Waals surface area contributed by atoms with Gasteiger partial charge in [0.05, 0.1) is 5.02 Å². The Morgan fingerprint density at radius 2 is 2.29 bits per heavy atom. The second kappa shape index (κ2) is 5.36. The van der Waals surface area contributed by atoms with Gasteiger partial charge in [-0.15, -0.1) is 0 Å². The fourth-order valence-electron chi connectivity index (χ4n) is 2.84. The van der Waals surface area contributed by atoms with Gasteiger partial charge >= 0.3 is 0 Å². The number of benzene rings is 1. The van der Waals surface area contributed by atoms with E-state index in [9.17, 15) is 4.39 Å². The zero-order valence-electron chi connectivity index (χ0n) is 10.2. The summed E-state index contributed by atoms with van der Waals surface area (Å²) < 4.78 is 13.4. The minimum absolute atomic E-state index is 0.176. The smallest absolute Gasteiger partial charge is 0.142 e. The second-order valence-electron chi connectivity index (χ2n) is 4.99. The van der Waals surface area contributed by atoms with Crippen molar-refractivity contribution in [3.8, 4) is 0 Å². The molecule has 3 heteroatoms. The number of hydrogen-bond donors (Lipinski definition) is 1. The average molecular weight is 256 g/mol. The van der Waals surface area contributed by atoms with Crippen LogP contribution < -0.4 is 5.32 Å². The van der Waals surface area contributed by atoms with Crippen molar-refractivity contribution in [2.75, 3.05) is 6.54 Å². The summed E-state index contributed by atoms with van der Waals surface area (Å²) in [5.41, 5.74) is 1.21. The van der Waals surface area contributed by atoms with Crippen molar-refractivity contribution < 1.29 is 4.39 Å². The molecule has 2 rings (SSSR count). The minimum atomic E-state index is -0.311. The van der Waals surface area contributed by atoms with Gasteiger partial charge in [0.1, 0.15) is 5.82 Å². The molecule has 1 aliphatic rings. The first-order valence-corrected chi connectivity index (χ1v) is 6.72. The molecule has 1 atom stereocenters. The summed E-state index contributed by atoms with van der Waals surface area (Å²) in [4.78, 5) is 0. The Bertz CT molecular complexity index is 386. The van der Waals surface area contributed by atoms with Gasteiger partial charge in [0.2, 0.25) is 0 Å². The fourth-order valence-corrected chi connectivity index (χ4v) is 2.96. The highest BCUT2D eigenvalue weighted by atomic mass is 35.5. The minimum Gasteiger partial charge on any atom is -0.311 e. The van der Waals surface area contributed by atoms with E-state index in [1.165, 1.54) is 12.8 Å². The van der Waals surface area contributed by atoms with Crippen LogP contribution >= 0.6 is 11.6 Å². The van der Waals surface area contributed by atoms with Gasteiger partial charge < -0.3 is 5.32 Å². The Hall–Kier alpha value is -0.600. The number of halogens is 2. The van der Waals surface area contributed by atoms with Crippen LogP contribution in [0, 0.1) is 5.82 Å². The van der Waals surface area contributed by atoms with E-state index in [1.54, 1.807) is 12.1 Å². The molecule has 1 N–H and O–H groups in total. The van der Waals surface area contributed by atoms with E-state index in [0.717, 1.165) is 31.4 Å². The zero-order valence-corrected chi connectivity index (χ0v) is 11.0. The van der Waals surface area contributed by atoms with Crippen LogP contribution in [0.1, 0.15) is 38.2 Å². The predicted molar refractivity (Wildman–Crippen MR) is 70.0 cm³/mol. The van der Waals surface area contributed by atoms with Crippen molar-refractivity contribution in [3.05, 3.63) is 34.6 Å². The summed E-state index contributed by atoms with van der Waals surface area (Å²) in [6.45, 7) is 3.28. The molecule has 1 aliphatic heterocycles. The first-order valence-electron chi connectivity index (χ1n) is 6.34.